The number of hydrogen-bond acceptors (Lipinski definition) is 4. The Balaban J connectivity index is 2.24. The van der Waals surface area contributed by atoms with Gasteiger partial charge in [-0.3, -0.25) is 4.79 Å². The molecule has 0 heterocycles. The summed E-state index contributed by atoms with van der Waals surface area (Å²) in [7, 11) is 3.29. The van der Waals surface area contributed by atoms with Crippen LogP contribution in [0.4, 0.5) is 0 Å². The van der Waals surface area contributed by atoms with Crippen LogP contribution < -0.4 is 14.8 Å². The van der Waals surface area contributed by atoms with Crippen LogP contribution in [0.25, 0.3) is 0 Å². The van der Waals surface area contributed by atoms with Crippen molar-refractivity contribution in [3.8, 4) is 11.5 Å². The zero-order valence-electron chi connectivity index (χ0n) is 18.4. The fourth-order valence-electron chi connectivity index (χ4n) is 3.65. The topological polar surface area (TPSA) is 56.8 Å². The van der Waals surface area contributed by atoms with Crippen molar-refractivity contribution < 1.29 is 19.0 Å². The van der Waals surface area contributed by atoms with Gasteiger partial charge in [-0.25, -0.2) is 0 Å². The van der Waals surface area contributed by atoms with E-state index in [4.69, 9.17) is 14.2 Å². The second kappa shape index (κ2) is 10.1. The van der Waals surface area contributed by atoms with Gasteiger partial charge in [-0.05, 0) is 54.8 Å². The van der Waals surface area contributed by atoms with E-state index in [1.165, 1.54) is 0 Å². The third kappa shape index (κ3) is 4.72. The molecule has 0 saturated heterocycles. The van der Waals surface area contributed by atoms with Gasteiger partial charge in [-0.1, -0.05) is 54.6 Å². The Labute approximate surface area is 184 Å². The lowest BCUT2D eigenvalue weighted by Gasteiger charge is -2.39. The first-order valence-corrected chi connectivity index (χ1v) is 10.3. The van der Waals surface area contributed by atoms with Crippen molar-refractivity contribution in [1.82, 2.24) is 5.32 Å². The molecule has 0 radical (unpaired) electrons. The van der Waals surface area contributed by atoms with Gasteiger partial charge in [0.05, 0.1) is 26.4 Å². The molecular formula is C26H29NO4. The van der Waals surface area contributed by atoms with E-state index in [1.54, 1.807) is 14.2 Å². The van der Waals surface area contributed by atoms with E-state index in [9.17, 15) is 4.79 Å². The van der Waals surface area contributed by atoms with Crippen molar-refractivity contribution in [2.24, 2.45) is 0 Å². The fraction of sp³-hybridized carbons (Fsp3) is 0.269. The van der Waals surface area contributed by atoms with Gasteiger partial charge in [-0.15, -0.1) is 0 Å². The lowest BCUT2D eigenvalue weighted by molar-refractivity contribution is -0.112. The number of methoxy groups -OCH3 is 2. The van der Waals surface area contributed by atoms with Crippen molar-refractivity contribution in [2.75, 3.05) is 14.2 Å². The Hall–Kier alpha value is -3.31. The normalized spacial score (nSPS) is 13.2. The maximum atomic E-state index is 11.0. The van der Waals surface area contributed by atoms with Gasteiger partial charge in [0.25, 0.3) is 0 Å². The Morgan fingerprint density at radius 1 is 0.742 bits per heavy atom. The summed E-state index contributed by atoms with van der Waals surface area (Å²) in [6.07, 6.45) is 0.421. The number of benzene rings is 3. The summed E-state index contributed by atoms with van der Waals surface area (Å²) in [4.78, 5) is 11.0. The highest BCUT2D eigenvalue weighted by Crippen LogP contribution is 2.42. The van der Waals surface area contributed by atoms with Gasteiger partial charge < -0.3 is 19.5 Å². The molecule has 0 fully saturated rings. The number of amides is 1. The van der Waals surface area contributed by atoms with Crippen LogP contribution in [-0.4, -0.2) is 32.8 Å². The van der Waals surface area contributed by atoms with Crippen molar-refractivity contribution in [2.45, 2.75) is 31.6 Å². The summed E-state index contributed by atoms with van der Waals surface area (Å²) in [5.41, 5.74) is 1.98. The fourth-order valence-corrected chi connectivity index (χ4v) is 3.65. The van der Waals surface area contributed by atoms with Gasteiger partial charge in [0, 0.05) is 0 Å². The zero-order valence-corrected chi connectivity index (χ0v) is 18.4. The van der Waals surface area contributed by atoms with E-state index in [0.717, 1.165) is 28.2 Å². The summed E-state index contributed by atoms with van der Waals surface area (Å²) >= 11 is 0. The molecule has 0 spiro atoms. The van der Waals surface area contributed by atoms with Gasteiger partial charge in [0.15, 0.2) is 0 Å². The van der Waals surface area contributed by atoms with E-state index < -0.39 is 5.60 Å². The highest BCUT2D eigenvalue weighted by molar-refractivity contribution is 5.50. The Bertz CT molecular complexity index is 907. The van der Waals surface area contributed by atoms with Crippen LogP contribution in [0.2, 0.25) is 0 Å². The highest BCUT2D eigenvalue weighted by Gasteiger charge is 2.40. The first kappa shape index (κ1) is 22.4. The number of carbonyl (C=O) groups excluding carboxylic acids is 1. The first-order chi connectivity index (χ1) is 15.0. The van der Waals surface area contributed by atoms with Gasteiger partial charge in [0.1, 0.15) is 17.1 Å². The van der Waals surface area contributed by atoms with Crippen LogP contribution in [0.15, 0.2) is 78.9 Å². The second-order valence-electron chi connectivity index (χ2n) is 7.40. The van der Waals surface area contributed by atoms with E-state index in [0.29, 0.717) is 6.41 Å². The standard InChI is InChI=1S/C26H29NO4/c1-19(27-18-28)20(2)31-26(21-8-6-5-7-9-21,22-10-14-24(29-3)15-11-22)23-12-16-25(30-4)17-13-23/h5-20H,1-4H3,(H,27,28). The smallest absolute Gasteiger partial charge is 0.207 e. The average Bonchev–Trinajstić information content (AvgIpc) is 2.83. The summed E-state index contributed by atoms with van der Waals surface area (Å²) in [5, 5.41) is 2.81. The third-order valence-corrected chi connectivity index (χ3v) is 5.57. The van der Waals surface area contributed by atoms with E-state index in [1.807, 2.05) is 80.6 Å². The van der Waals surface area contributed by atoms with Crippen LogP contribution in [0, 0.1) is 0 Å². The SMILES string of the molecule is COc1ccc(C(OC(C)C(C)NC=O)(c2ccccc2)c2ccc(OC)cc2)cc1. The predicted octanol–water partition coefficient (Wildman–Crippen LogP) is 4.54. The van der Waals surface area contributed by atoms with Crippen LogP contribution in [0.1, 0.15) is 30.5 Å². The summed E-state index contributed by atoms with van der Waals surface area (Å²) < 4.78 is 17.6. The van der Waals surface area contributed by atoms with Crippen LogP contribution in [0.5, 0.6) is 11.5 Å². The lowest BCUT2D eigenvalue weighted by Crippen LogP contribution is -2.44. The number of nitrogens with one attached hydrogen (secondary N) is 1. The Morgan fingerprint density at radius 2 is 1.19 bits per heavy atom. The van der Waals surface area contributed by atoms with E-state index >= 15 is 0 Å². The molecular weight excluding hydrogens is 390 g/mol. The van der Waals surface area contributed by atoms with Gasteiger partial charge in [0.2, 0.25) is 6.41 Å². The third-order valence-electron chi connectivity index (χ3n) is 5.57. The molecule has 0 bridgehead atoms. The number of hydrogen-bond donors (Lipinski definition) is 1. The maximum absolute atomic E-state index is 11.0. The Morgan fingerprint density at radius 3 is 1.61 bits per heavy atom. The number of ether oxygens (including phenoxy) is 3. The predicted molar refractivity (Wildman–Crippen MR) is 122 cm³/mol. The molecule has 3 aromatic rings. The van der Waals surface area contributed by atoms with E-state index in [-0.39, 0.29) is 12.1 Å². The molecule has 0 aliphatic carbocycles. The molecule has 0 aliphatic heterocycles. The minimum absolute atomic E-state index is 0.183. The number of carbonyl (C=O) groups is 1. The molecule has 2 unspecified atom stereocenters. The Kier molecular flexibility index (Phi) is 7.32. The molecule has 31 heavy (non-hydrogen) atoms. The minimum atomic E-state index is -0.905. The summed E-state index contributed by atoms with van der Waals surface area (Å²) in [6.45, 7) is 3.89. The molecule has 2 atom stereocenters. The van der Waals surface area contributed by atoms with Crippen molar-refractivity contribution in [1.29, 1.82) is 0 Å². The van der Waals surface area contributed by atoms with Crippen molar-refractivity contribution in [3.63, 3.8) is 0 Å². The first-order valence-electron chi connectivity index (χ1n) is 10.3. The summed E-state index contributed by atoms with van der Waals surface area (Å²) in [6, 6.07) is 25.7. The molecule has 1 amide bonds. The molecule has 5 heteroatoms. The van der Waals surface area contributed by atoms with Crippen LogP contribution in [0.3, 0.4) is 0 Å². The molecule has 5 nitrogen and oxygen atoms in total. The van der Waals surface area contributed by atoms with Crippen LogP contribution in [-0.2, 0) is 15.1 Å². The largest absolute Gasteiger partial charge is 0.497 e. The molecule has 1 N–H and O–H groups in total. The quantitative estimate of drug-likeness (QED) is 0.387. The van der Waals surface area contributed by atoms with Crippen molar-refractivity contribution in [3.05, 3.63) is 95.6 Å². The monoisotopic (exact) mass is 419 g/mol. The van der Waals surface area contributed by atoms with Crippen LogP contribution >= 0.6 is 0 Å². The van der Waals surface area contributed by atoms with Gasteiger partial charge >= 0.3 is 0 Å². The second-order valence-corrected chi connectivity index (χ2v) is 7.40. The average molecular weight is 420 g/mol. The molecule has 162 valence electrons. The summed E-state index contributed by atoms with van der Waals surface area (Å²) in [5.74, 6) is 1.54. The van der Waals surface area contributed by atoms with Gasteiger partial charge in [-0.2, -0.15) is 0 Å². The highest BCUT2D eigenvalue weighted by atomic mass is 16.5. The molecule has 3 aromatic carbocycles. The lowest BCUT2D eigenvalue weighted by atomic mass is 9.79. The minimum Gasteiger partial charge on any atom is -0.497 e. The maximum Gasteiger partial charge on any atom is 0.207 e. The molecule has 0 aliphatic rings. The molecule has 0 saturated carbocycles. The van der Waals surface area contributed by atoms with E-state index in [2.05, 4.69) is 17.4 Å². The molecule has 3 rings (SSSR count). The molecule has 0 aromatic heterocycles. The number of rotatable bonds is 10. The van der Waals surface area contributed by atoms with Crippen molar-refractivity contribution >= 4 is 6.41 Å². The zero-order chi connectivity index (χ0) is 22.3.